The van der Waals surface area contributed by atoms with Gasteiger partial charge in [-0.1, -0.05) is 0 Å². The van der Waals surface area contributed by atoms with Crippen molar-refractivity contribution in [2.24, 2.45) is 5.92 Å². The van der Waals surface area contributed by atoms with Crippen molar-refractivity contribution in [1.82, 2.24) is 14.1 Å². The van der Waals surface area contributed by atoms with Crippen molar-refractivity contribution in [1.29, 1.82) is 5.26 Å². The molecule has 1 saturated heterocycles. The van der Waals surface area contributed by atoms with Crippen molar-refractivity contribution in [3.8, 4) is 6.07 Å². The molecule has 30 heavy (non-hydrogen) atoms. The summed E-state index contributed by atoms with van der Waals surface area (Å²) in [6.07, 6.45) is 2.82. The number of carbonyl (C=O) groups excluding carboxylic acids is 1. The zero-order valence-electron chi connectivity index (χ0n) is 18.1. The van der Waals surface area contributed by atoms with Crippen LogP contribution in [-0.4, -0.2) is 73.7 Å². The fourth-order valence-electron chi connectivity index (χ4n) is 4.47. The summed E-state index contributed by atoms with van der Waals surface area (Å²) in [4.78, 5) is 17.5. The molecule has 1 aliphatic carbocycles. The van der Waals surface area contributed by atoms with Crippen LogP contribution < -0.4 is 0 Å². The van der Waals surface area contributed by atoms with Gasteiger partial charge in [0.1, 0.15) is 0 Å². The number of sulfonamides is 1. The predicted molar refractivity (Wildman–Crippen MR) is 115 cm³/mol. The molecule has 0 atom stereocenters. The number of hydrogen-bond donors (Lipinski definition) is 0. The van der Waals surface area contributed by atoms with Gasteiger partial charge in [0, 0.05) is 51.2 Å². The van der Waals surface area contributed by atoms with Gasteiger partial charge in [0.25, 0.3) is 0 Å². The van der Waals surface area contributed by atoms with Crippen LogP contribution in [-0.2, 0) is 14.8 Å². The molecule has 1 aromatic rings. The van der Waals surface area contributed by atoms with E-state index < -0.39 is 10.0 Å². The molecular weight excluding hydrogens is 400 g/mol. The summed E-state index contributed by atoms with van der Waals surface area (Å²) < 4.78 is 27.3. The second-order valence-electron chi connectivity index (χ2n) is 8.62. The van der Waals surface area contributed by atoms with Gasteiger partial charge in [-0.25, -0.2) is 8.42 Å². The Kier molecular flexibility index (Phi) is 7.17. The molecule has 3 rings (SSSR count). The van der Waals surface area contributed by atoms with E-state index in [2.05, 4.69) is 18.7 Å². The zero-order valence-corrected chi connectivity index (χ0v) is 18.9. The quantitative estimate of drug-likeness (QED) is 0.713. The number of rotatable bonds is 5. The first-order chi connectivity index (χ1) is 14.2. The van der Waals surface area contributed by atoms with Gasteiger partial charge in [-0.05, 0) is 63.8 Å². The summed E-state index contributed by atoms with van der Waals surface area (Å²) in [6.45, 7) is 7.77. The number of carbonyl (C=O) groups is 1. The molecule has 7 nitrogen and oxygen atoms in total. The van der Waals surface area contributed by atoms with Gasteiger partial charge in [-0.15, -0.1) is 0 Å². The highest BCUT2D eigenvalue weighted by Crippen LogP contribution is 2.31. The van der Waals surface area contributed by atoms with E-state index >= 15 is 0 Å². The lowest BCUT2D eigenvalue weighted by Gasteiger charge is -2.40. The molecule has 0 spiro atoms. The van der Waals surface area contributed by atoms with E-state index in [9.17, 15) is 13.2 Å². The molecule has 1 amide bonds. The Hall–Kier alpha value is -1.95. The third kappa shape index (κ3) is 4.85. The van der Waals surface area contributed by atoms with E-state index in [0.717, 1.165) is 39.0 Å². The third-order valence-corrected chi connectivity index (χ3v) is 8.50. The Morgan fingerprint density at radius 2 is 1.63 bits per heavy atom. The second kappa shape index (κ2) is 9.46. The largest absolute Gasteiger partial charge is 0.340 e. The number of amides is 1. The lowest BCUT2D eigenvalue weighted by Crippen LogP contribution is -2.52. The number of nitrogens with zero attached hydrogens (tertiary/aromatic N) is 4. The fourth-order valence-corrected chi connectivity index (χ4v) is 5.88. The summed E-state index contributed by atoms with van der Waals surface area (Å²) in [7, 11) is -2.00. The van der Waals surface area contributed by atoms with Gasteiger partial charge in [0.05, 0.1) is 16.5 Å². The molecule has 0 bridgehead atoms. The number of nitriles is 1. The summed E-state index contributed by atoms with van der Waals surface area (Å²) in [5, 5.41) is 8.90. The molecule has 8 heteroatoms. The highest BCUT2D eigenvalue weighted by atomic mass is 32.2. The van der Waals surface area contributed by atoms with Gasteiger partial charge in [-0.3, -0.25) is 9.69 Å². The third-order valence-electron chi connectivity index (χ3n) is 6.58. The molecule has 2 aliphatic rings. The Labute approximate surface area is 180 Å². The lowest BCUT2D eigenvalue weighted by molar-refractivity contribution is -0.138. The number of benzene rings is 1. The second-order valence-corrected chi connectivity index (χ2v) is 10.6. The lowest BCUT2D eigenvalue weighted by atomic mass is 9.85. The highest BCUT2D eigenvalue weighted by molar-refractivity contribution is 7.89. The van der Waals surface area contributed by atoms with Crippen molar-refractivity contribution in [2.75, 3.05) is 33.2 Å². The molecule has 164 valence electrons. The van der Waals surface area contributed by atoms with Crippen molar-refractivity contribution >= 4 is 15.9 Å². The maximum absolute atomic E-state index is 12.9. The summed E-state index contributed by atoms with van der Waals surface area (Å²) in [5.74, 6) is 0.229. The van der Waals surface area contributed by atoms with Crippen LogP contribution in [0.25, 0.3) is 0 Å². The molecule has 1 aliphatic heterocycles. The van der Waals surface area contributed by atoms with Crippen LogP contribution in [0, 0.1) is 17.2 Å². The Balaban J connectivity index is 1.55. The SMILES string of the molecule is CC(C)N1CCN(C(=O)C2CCC(N(C)S(=O)(=O)c3ccc(C#N)cc3)CC2)CC1. The van der Waals surface area contributed by atoms with E-state index in [-0.39, 0.29) is 22.8 Å². The van der Waals surface area contributed by atoms with Crippen molar-refractivity contribution in [3.63, 3.8) is 0 Å². The van der Waals surface area contributed by atoms with Crippen LogP contribution in [0.3, 0.4) is 0 Å². The van der Waals surface area contributed by atoms with Crippen molar-refractivity contribution in [3.05, 3.63) is 29.8 Å². The molecule has 2 fully saturated rings. The van der Waals surface area contributed by atoms with Crippen LogP contribution in [0.15, 0.2) is 29.2 Å². The summed E-state index contributed by atoms with van der Waals surface area (Å²) in [6, 6.07) is 8.41. The first kappa shape index (κ1) is 22.7. The molecule has 0 aromatic heterocycles. The fraction of sp³-hybridized carbons (Fsp3) is 0.636. The normalized spacial score (nSPS) is 23.5. The average Bonchev–Trinajstić information content (AvgIpc) is 2.78. The molecule has 0 unspecified atom stereocenters. The Bertz CT molecular complexity index is 876. The topological polar surface area (TPSA) is 84.7 Å². The molecule has 1 heterocycles. The molecule has 0 radical (unpaired) electrons. The average molecular weight is 433 g/mol. The summed E-state index contributed by atoms with van der Waals surface area (Å²) >= 11 is 0. The van der Waals surface area contributed by atoms with Crippen molar-refractivity contribution in [2.45, 2.75) is 56.5 Å². The highest BCUT2D eigenvalue weighted by Gasteiger charge is 2.35. The number of hydrogen-bond acceptors (Lipinski definition) is 5. The van der Waals surface area contributed by atoms with E-state index in [1.54, 1.807) is 7.05 Å². The molecule has 0 N–H and O–H groups in total. The zero-order chi connectivity index (χ0) is 21.9. The van der Waals surface area contributed by atoms with Gasteiger partial charge < -0.3 is 4.90 Å². The summed E-state index contributed by atoms with van der Waals surface area (Å²) in [5.41, 5.74) is 0.435. The first-order valence-corrected chi connectivity index (χ1v) is 12.2. The van der Waals surface area contributed by atoms with Gasteiger partial charge in [0.15, 0.2) is 0 Å². The van der Waals surface area contributed by atoms with Gasteiger partial charge >= 0.3 is 0 Å². The van der Waals surface area contributed by atoms with Crippen molar-refractivity contribution < 1.29 is 13.2 Å². The smallest absolute Gasteiger partial charge is 0.243 e. The minimum Gasteiger partial charge on any atom is -0.340 e. The minimum atomic E-state index is -3.61. The monoisotopic (exact) mass is 432 g/mol. The van der Waals surface area contributed by atoms with Gasteiger partial charge in [-0.2, -0.15) is 9.57 Å². The first-order valence-electron chi connectivity index (χ1n) is 10.7. The van der Waals surface area contributed by atoms with Crippen LogP contribution in [0.5, 0.6) is 0 Å². The molecular formula is C22H32N4O3S. The van der Waals surface area contributed by atoms with Crippen LogP contribution >= 0.6 is 0 Å². The van der Waals surface area contributed by atoms with Crippen LogP contribution in [0.4, 0.5) is 0 Å². The maximum Gasteiger partial charge on any atom is 0.243 e. The van der Waals surface area contributed by atoms with E-state index in [0.29, 0.717) is 24.4 Å². The predicted octanol–water partition coefficient (Wildman–Crippen LogP) is 2.29. The Morgan fingerprint density at radius 1 is 1.07 bits per heavy atom. The standard InChI is InChI=1S/C22H32N4O3S/c1-17(2)25-12-14-26(15-13-25)22(27)19-6-8-20(9-7-19)24(3)30(28,29)21-10-4-18(16-23)5-11-21/h4-5,10-11,17,19-20H,6-9,12-15H2,1-3H3. The maximum atomic E-state index is 12.9. The van der Waals surface area contributed by atoms with E-state index in [4.69, 9.17) is 5.26 Å². The van der Waals surface area contributed by atoms with E-state index in [1.165, 1.54) is 28.6 Å². The van der Waals surface area contributed by atoms with Crippen LogP contribution in [0.2, 0.25) is 0 Å². The minimum absolute atomic E-state index is 0.00198. The van der Waals surface area contributed by atoms with Gasteiger partial charge in [0.2, 0.25) is 15.9 Å². The van der Waals surface area contributed by atoms with Crippen LogP contribution in [0.1, 0.15) is 45.1 Å². The number of piperazine rings is 1. The van der Waals surface area contributed by atoms with E-state index in [1.807, 2.05) is 11.0 Å². The molecule has 1 saturated carbocycles. The molecule has 1 aromatic carbocycles. The Morgan fingerprint density at radius 3 is 2.13 bits per heavy atom.